The number of halogens is 1. The van der Waals surface area contributed by atoms with Gasteiger partial charge in [0.15, 0.2) is 0 Å². The highest BCUT2D eigenvalue weighted by molar-refractivity contribution is 7.99. The number of aryl methyl sites for hydroxylation is 1. The largest absolute Gasteiger partial charge is 0.310 e. The highest BCUT2D eigenvalue weighted by atomic mass is 35.5. The molecule has 1 heterocycles. The Morgan fingerprint density at radius 3 is 2.80 bits per heavy atom. The van der Waals surface area contributed by atoms with E-state index in [9.17, 15) is 0 Å². The average molecular weight is 305 g/mol. The molecule has 2 nitrogen and oxygen atoms in total. The minimum Gasteiger partial charge on any atom is -0.310 e. The first-order chi connectivity index (χ1) is 9.70. The number of pyridine rings is 1. The lowest BCUT2D eigenvalue weighted by molar-refractivity contribution is 0.687. The second kappa shape index (κ2) is 6.17. The SMILES string of the molecule is Cc1cc(CNC2CC2)ccc1Sc1ccc(Cl)cn1. The van der Waals surface area contributed by atoms with E-state index in [2.05, 4.69) is 35.4 Å². The molecule has 0 unspecified atom stereocenters. The van der Waals surface area contributed by atoms with E-state index in [4.69, 9.17) is 11.6 Å². The van der Waals surface area contributed by atoms with Crippen molar-refractivity contribution in [1.29, 1.82) is 0 Å². The molecule has 0 aliphatic heterocycles. The summed E-state index contributed by atoms with van der Waals surface area (Å²) in [5.74, 6) is 0. The van der Waals surface area contributed by atoms with E-state index in [0.29, 0.717) is 5.02 Å². The third kappa shape index (κ3) is 3.75. The fourth-order valence-corrected chi connectivity index (χ4v) is 2.96. The molecule has 1 N–H and O–H groups in total. The van der Waals surface area contributed by atoms with Crippen LogP contribution in [-0.2, 0) is 6.54 Å². The lowest BCUT2D eigenvalue weighted by atomic mass is 10.1. The number of benzene rings is 1. The van der Waals surface area contributed by atoms with Crippen molar-refractivity contribution in [2.45, 2.75) is 42.3 Å². The van der Waals surface area contributed by atoms with Gasteiger partial charge in [-0.05, 0) is 49.1 Å². The Hall–Kier alpha value is -1.03. The number of hydrogen-bond donors (Lipinski definition) is 1. The molecule has 1 fully saturated rings. The summed E-state index contributed by atoms with van der Waals surface area (Å²) in [7, 11) is 0. The quantitative estimate of drug-likeness (QED) is 0.883. The molecule has 3 rings (SSSR count). The Morgan fingerprint density at radius 1 is 1.30 bits per heavy atom. The van der Waals surface area contributed by atoms with Crippen LogP contribution in [-0.4, -0.2) is 11.0 Å². The number of rotatable bonds is 5. The molecular weight excluding hydrogens is 288 g/mol. The fourth-order valence-electron chi connectivity index (χ4n) is 2.02. The Bertz CT molecular complexity index is 594. The summed E-state index contributed by atoms with van der Waals surface area (Å²) in [4.78, 5) is 5.57. The predicted octanol–water partition coefficient (Wildman–Crippen LogP) is 4.45. The van der Waals surface area contributed by atoms with Gasteiger partial charge in [0.1, 0.15) is 5.03 Å². The highest BCUT2D eigenvalue weighted by Crippen LogP contribution is 2.30. The maximum Gasteiger partial charge on any atom is 0.101 e. The van der Waals surface area contributed by atoms with E-state index in [-0.39, 0.29) is 0 Å². The van der Waals surface area contributed by atoms with E-state index in [1.54, 1.807) is 18.0 Å². The molecule has 20 heavy (non-hydrogen) atoms. The van der Waals surface area contributed by atoms with Crippen LogP contribution >= 0.6 is 23.4 Å². The van der Waals surface area contributed by atoms with Crippen LogP contribution < -0.4 is 5.32 Å². The van der Waals surface area contributed by atoms with Gasteiger partial charge in [-0.1, -0.05) is 35.5 Å². The molecule has 2 aromatic rings. The standard InChI is InChI=1S/C16H17ClN2S/c1-11-8-12(9-18-14-4-5-14)2-6-15(11)20-16-7-3-13(17)10-19-16/h2-3,6-8,10,14,18H,4-5,9H2,1H3. The molecular formula is C16H17ClN2S. The monoisotopic (exact) mass is 304 g/mol. The Kier molecular flexibility index (Phi) is 4.29. The van der Waals surface area contributed by atoms with Gasteiger partial charge in [0.2, 0.25) is 0 Å². The predicted molar refractivity (Wildman–Crippen MR) is 84.4 cm³/mol. The van der Waals surface area contributed by atoms with Gasteiger partial charge in [-0.25, -0.2) is 4.98 Å². The van der Waals surface area contributed by atoms with Gasteiger partial charge in [0, 0.05) is 23.7 Å². The van der Waals surface area contributed by atoms with E-state index in [1.165, 1.54) is 28.9 Å². The first-order valence-corrected chi connectivity index (χ1v) is 8.02. The molecule has 0 atom stereocenters. The van der Waals surface area contributed by atoms with Crippen molar-refractivity contribution in [3.05, 3.63) is 52.7 Å². The number of hydrogen-bond acceptors (Lipinski definition) is 3. The summed E-state index contributed by atoms with van der Waals surface area (Å²) in [6.07, 6.45) is 4.34. The van der Waals surface area contributed by atoms with Crippen LogP contribution in [0, 0.1) is 6.92 Å². The van der Waals surface area contributed by atoms with E-state index < -0.39 is 0 Å². The molecule has 0 bridgehead atoms. The van der Waals surface area contributed by atoms with Crippen molar-refractivity contribution in [3.8, 4) is 0 Å². The first-order valence-electron chi connectivity index (χ1n) is 6.83. The summed E-state index contributed by atoms with van der Waals surface area (Å²) in [6, 6.07) is 11.2. The van der Waals surface area contributed by atoms with Crippen LogP contribution in [0.4, 0.5) is 0 Å². The number of nitrogens with one attached hydrogen (secondary N) is 1. The fraction of sp³-hybridized carbons (Fsp3) is 0.312. The maximum atomic E-state index is 5.85. The second-order valence-electron chi connectivity index (χ2n) is 5.17. The third-order valence-electron chi connectivity index (χ3n) is 3.33. The van der Waals surface area contributed by atoms with Crippen molar-refractivity contribution < 1.29 is 0 Å². The zero-order valence-electron chi connectivity index (χ0n) is 11.4. The van der Waals surface area contributed by atoms with Gasteiger partial charge in [0.25, 0.3) is 0 Å². The van der Waals surface area contributed by atoms with Crippen LogP contribution in [0.5, 0.6) is 0 Å². The minimum atomic E-state index is 0.674. The first kappa shape index (κ1) is 13.9. The van der Waals surface area contributed by atoms with E-state index in [1.807, 2.05) is 12.1 Å². The van der Waals surface area contributed by atoms with Crippen molar-refractivity contribution in [2.75, 3.05) is 0 Å². The van der Waals surface area contributed by atoms with Gasteiger partial charge >= 0.3 is 0 Å². The van der Waals surface area contributed by atoms with E-state index in [0.717, 1.165) is 17.6 Å². The third-order valence-corrected chi connectivity index (χ3v) is 4.68. The van der Waals surface area contributed by atoms with Crippen LogP contribution in [0.1, 0.15) is 24.0 Å². The summed E-state index contributed by atoms with van der Waals surface area (Å²) in [5, 5.41) is 5.19. The molecule has 1 aliphatic carbocycles. The summed E-state index contributed by atoms with van der Waals surface area (Å²) in [6.45, 7) is 3.12. The Labute approximate surface area is 129 Å². The molecule has 1 aromatic heterocycles. The van der Waals surface area contributed by atoms with Gasteiger partial charge in [-0.15, -0.1) is 0 Å². The zero-order chi connectivity index (χ0) is 13.9. The minimum absolute atomic E-state index is 0.674. The average Bonchev–Trinajstić information content (AvgIpc) is 3.26. The van der Waals surface area contributed by atoms with Gasteiger partial charge < -0.3 is 5.32 Å². The molecule has 4 heteroatoms. The van der Waals surface area contributed by atoms with Crippen molar-refractivity contribution in [2.24, 2.45) is 0 Å². The van der Waals surface area contributed by atoms with Crippen molar-refractivity contribution >= 4 is 23.4 Å². The molecule has 0 saturated heterocycles. The van der Waals surface area contributed by atoms with Gasteiger partial charge in [-0.3, -0.25) is 0 Å². The Balaban J connectivity index is 1.68. The number of aromatic nitrogens is 1. The second-order valence-corrected chi connectivity index (χ2v) is 6.67. The van der Waals surface area contributed by atoms with Gasteiger partial charge in [0.05, 0.1) is 5.02 Å². The van der Waals surface area contributed by atoms with Crippen molar-refractivity contribution in [1.82, 2.24) is 10.3 Å². The van der Waals surface area contributed by atoms with Gasteiger partial charge in [-0.2, -0.15) is 0 Å². The molecule has 1 aliphatic rings. The lowest BCUT2D eigenvalue weighted by Crippen LogP contribution is -2.15. The normalized spacial score (nSPS) is 14.5. The smallest absolute Gasteiger partial charge is 0.101 e. The maximum absolute atomic E-state index is 5.85. The van der Waals surface area contributed by atoms with Crippen LogP contribution in [0.2, 0.25) is 5.02 Å². The van der Waals surface area contributed by atoms with Crippen LogP contribution in [0.15, 0.2) is 46.5 Å². The van der Waals surface area contributed by atoms with E-state index >= 15 is 0 Å². The molecule has 0 radical (unpaired) electrons. The highest BCUT2D eigenvalue weighted by Gasteiger charge is 2.19. The molecule has 1 aromatic carbocycles. The molecule has 104 valence electrons. The topological polar surface area (TPSA) is 24.9 Å². The molecule has 0 spiro atoms. The summed E-state index contributed by atoms with van der Waals surface area (Å²) >= 11 is 7.53. The van der Waals surface area contributed by atoms with Crippen LogP contribution in [0.25, 0.3) is 0 Å². The summed E-state index contributed by atoms with van der Waals surface area (Å²) in [5.41, 5.74) is 2.64. The van der Waals surface area contributed by atoms with Crippen molar-refractivity contribution in [3.63, 3.8) is 0 Å². The summed E-state index contributed by atoms with van der Waals surface area (Å²) < 4.78 is 0. The Morgan fingerprint density at radius 2 is 2.15 bits per heavy atom. The number of nitrogens with zero attached hydrogens (tertiary/aromatic N) is 1. The molecule has 0 amide bonds. The zero-order valence-corrected chi connectivity index (χ0v) is 13.0. The lowest BCUT2D eigenvalue weighted by Gasteiger charge is -2.09. The van der Waals surface area contributed by atoms with Crippen LogP contribution in [0.3, 0.4) is 0 Å². The molecule has 1 saturated carbocycles.